The Morgan fingerprint density at radius 1 is 1.32 bits per heavy atom. The van der Waals surface area contributed by atoms with Gasteiger partial charge in [-0.05, 0) is 50.3 Å². The molecule has 0 spiro atoms. The highest BCUT2D eigenvalue weighted by Crippen LogP contribution is 2.19. The highest BCUT2D eigenvalue weighted by Gasteiger charge is 2.19. The van der Waals surface area contributed by atoms with Gasteiger partial charge in [-0.1, -0.05) is 0 Å². The summed E-state index contributed by atoms with van der Waals surface area (Å²) in [6.07, 6.45) is 0. The van der Waals surface area contributed by atoms with Gasteiger partial charge in [-0.2, -0.15) is 11.3 Å². The van der Waals surface area contributed by atoms with Gasteiger partial charge in [-0.3, -0.25) is 9.59 Å². The second-order valence-corrected chi connectivity index (χ2v) is 5.65. The second kappa shape index (κ2) is 7.25. The number of likely N-dealkylation sites (N-methyl/N-ethyl adjacent to an activating group) is 1. The van der Waals surface area contributed by atoms with Crippen LogP contribution in [0.1, 0.15) is 25.5 Å². The van der Waals surface area contributed by atoms with Crippen molar-refractivity contribution in [3.8, 4) is 0 Å². The van der Waals surface area contributed by atoms with E-state index in [1.54, 1.807) is 11.3 Å². The molecular formula is C13H21N3O2S. The third kappa shape index (κ3) is 5.00. The maximum absolute atomic E-state index is 11.6. The molecule has 106 valence electrons. The number of hydrogen-bond acceptors (Lipinski definition) is 4. The molecule has 1 aromatic rings. The number of carbonyl (C=O) groups excluding carboxylic acids is 2. The Morgan fingerprint density at radius 2 is 2.00 bits per heavy atom. The van der Waals surface area contributed by atoms with Gasteiger partial charge in [0.1, 0.15) is 0 Å². The Kier molecular flexibility index (Phi) is 5.98. The minimum atomic E-state index is -0.587. The van der Waals surface area contributed by atoms with Gasteiger partial charge < -0.3 is 15.5 Å². The van der Waals surface area contributed by atoms with Crippen molar-refractivity contribution in [2.75, 3.05) is 20.6 Å². The average molecular weight is 283 g/mol. The third-order valence-electron chi connectivity index (χ3n) is 2.63. The molecule has 19 heavy (non-hydrogen) atoms. The topological polar surface area (TPSA) is 61.4 Å². The maximum atomic E-state index is 11.6. The summed E-state index contributed by atoms with van der Waals surface area (Å²) < 4.78 is 0. The van der Waals surface area contributed by atoms with Crippen molar-refractivity contribution in [1.29, 1.82) is 0 Å². The lowest BCUT2D eigenvalue weighted by molar-refractivity contribution is -0.139. The molecule has 0 aliphatic carbocycles. The molecule has 0 unspecified atom stereocenters. The van der Waals surface area contributed by atoms with Crippen LogP contribution in [-0.4, -0.2) is 43.4 Å². The lowest BCUT2D eigenvalue weighted by Gasteiger charge is -2.23. The largest absolute Gasteiger partial charge is 0.346 e. The van der Waals surface area contributed by atoms with Crippen LogP contribution < -0.4 is 10.6 Å². The molecule has 1 aromatic heterocycles. The third-order valence-corrected chi connectivity index (χ3v) is 3.33. The number of amides is 2. The molecular weight excluding hydrogens is 262 g/mol. The fraction of sp³-hybridized carbons (Fsp3) is 0.538. The maximum Gasteiger partial charge on any atom is 0.309 e. The zero-order chi connectivity index (χ0) is 14.4. The van der Waals surface area contributed by atoms with Crippen LogP contribution in [0.3, 0.4) is 0 Å². The van der Waals surface area contributed by atoms with Crippen LogP contribution in [0, 0.1) is 0 Å². The first-order valence-corrected chi connectivity index (χ1v) is 7.13. The summed E-state index contributed by atoms with van der Waals surface area (Å²) in [7, 11) is 3.89. The molecule has 1 rings (SSSR count). The minimum absolute atomic E-state index is 0.0419. The van der Waals surface area contributed by atoms with Gasteiger partial charge in [-0.15, -0.1) is 0 Å². The predicted molar refractivity (Wildman–Crippen MR) is 77.0 cm³/mol. The number of rotatable bonds is 5. The number of hydrogen-bond donors (Lipinski definition) is 2. The van der Waals surface area contributed by atoms with Crippen LogP contribution in [0.15, 0.2) is 16.8 Å². The van der Waals surface area contributed by atoms with Crippen molar-refractivity contribution in [1.82, 2.24) is 15.5 Å². The SMILES string of the molecule is CC(C)NC(=O)C(=O)NC[C@@H](c1ccsc1)N(C)C. The van der Waals surface area contributed by atoms with Gasteiger partial charge in [-0.25, -0.2) is 0 Å². The Bertz CT molecular complexity index is 416. The standard InChI is InChI=1S/C13H21N3O2S/c1-9(2)15-13(18)12(17)14-7-11(16(3)4)10-5-6-19-8-10/h5-6,8-9,11H,7H2,1-4H3,(H,14,17)(H,15,18)/t11-/m0/s1. The molecule has 0 bridgehead atoms. The van der Waals surface area contributed by atoms with Crippen molar-refractivity contribution >= 4 is 23.2 Å². The Morgan fingerprint density at radius 3 is 2.47 bits per heavy atom. The van der Waals surface area contributed by atoms with E-state index in [9.17, 15) is 9.59 Å². The van der Waals surface area contributed by atoms with E-state index in [1.165, 1.54) is 0 Å². The van der Waals surface area contributed by atoms with Gasteiger partial charge >= 0.3 is 11.8 Å². The van der Waals surface area contributed by atoms with E-state index in [4.69, 9.17) is 0 Å². The van der Waals surface area contributed by atoms with Crippen LogP contribution in [0.25, 0.3) is 0 Å². The van der Waals surface area contributed by atoms with Crippen molar-refractivity contribution < 1.29 is 9.59 Å². The number of thiophene rings is 1. The van der Waals surface area contributed by atoms with Crippen LogP contribution in [0.2, 0.25) is 0 Å². The summed E-state index contributed by atoms with van der Waals surface area (Å²) in [5, 5.41) is 9.28. The summed E-state index contributed by atoms with van der Waals surface area (Å²) in [5.41, 5.74) is 1.14. The molecule has 1 atom stereocenters. The smallest absolute Gasteiger partial charge is 0.309 e. The normalized spacial score (nSPS) is 12.5. The fourth-order valence-electron chi connectivity index (χ4n) is 1.66. The van der Waals surface area contributed by atoms with E-state index >= 15 is 0 Å². The van der Waals surface area contributed by atoms with Crippen LogP contribution in [0.5, 0.6) is 0 Å². The molecule has 6 heteroatoms. The Labute approximate surface area is 118 Å². The number of nitrogens with one attached hydrogen (secondary N) is 2. The molecule has 0 aliphatic heterocycles. The summed E-state index contributed by atoms with van der Waals surface area (Å²) >= 11 is 1.62. The van der Waals surface area contributed by atoms with Gasteiger partial charge in [0.15, 0.2) is 0 Å². The number of nitrogens with zero attached hydrogens (tertiary/aromatic N) is 1. The number of carbonyl (C=O) groups is 2. The van der Waals surface area contributed by atoms with Crippen molar-refractivity contribution in [3.05, 3.63) is 22.4 Å². The summed E-state index contributed by atoms with van der Waals surface area (Å²) in [6, 6.07) is 2.05. The molecule has 2 N–H and O–H groups in total. The summed E-state index contributed by atoms with van der Waals surface area (Å²) in [4.78, 5) is 25.1. The molecule has 0 aromatic carbocycles. The average Bonchev–Trinajstić information content (AvgIpc) is 2.81. The van der Waals surface area contributed by atoms with Gasteiger partial charge in [0.05, 0.1) is 6.04 Å². The molecule has 5 nitrogen and oxygen atoms in total. The minimum Gasteiger partial charge on any atom is -0.346 e. The van der Waals surface area contributed by atoms with Crippen molar-refractivity contribution in [2.45, 2.75) is 25.9 Å². The lowest BCUT2D eigenvalue weighted by Crippen LogP contribution is -2.45. The first kappa shape index (κ1) is 15.7. The molecule has 1 heterocycles. The Balaban J connectivity index is 2.53. The molecule has 0 saturated heterocycles. The van der Waals surface area contributed by atoms with E-state index in [1.807, 2.05) is 49.7 Å². The van der Waals surface area contributed by atoms with Crippen molar-refractivity contribution in [3.63, 3.8) is 0 Å². The van der Waals surface area contributed by atoms with Crippen LogP contribution in [-0.2, 0) is 9.59 Å². The lowest BCUT2D eigenvalue weighted by atomic mass is 10.1. The van der Waals surface area contributed by atoms with E-state index in [-0.39, 0.29) is 12.1 Å². The summed E-state index contributed by atoms with van der Waals surface area (Å²) in [6.45, 7) is 4.05. The Hall–Kier alpha value is -1.40. The quantitative estimate of drug-likeness (QED) is 0.792. The van der Waals surface area contributed by atoms with Gasteiger partial charge in [0.2, 0.25) is 0 Å². The molecule has 0 saturated carbocycles. The monoisotopic (exact) mass is 283 g/mol. The van der Waals surface area contributed by atoms with Gasteiger partial charge in [0.25, 0.3) is 0 Å². The first-order chi connectivity index (χ1) is 8.91. The predicted octanol–water partition coefficient (Wildman–Crippen LogP) is 0.992. The highest BCUT2D eigenvalue weighted by molar-refractivity contribution is 7.07. The van der Waals surface area contributed by atoms with Crippen molar-refractivity contribution in [2.24, 2.45) is 0 Å². The molecule has 2 amide bonds. The highest BCUT2D eigenvalue weighted by atomic mass is 32.1. The fourth-order valence-corrected chi connectivity index (χ4v) is 2.37. The first-order valence-electron chi connectivity index (χ1n) is 6.19. The zero-order valence-corrected chi connectivity index (χ0v) is 12.6. The molecule has 0 aliphatic rings. The van der Waals surface area contributed by atoms with Crippen LogP contribution in [0.4, 0.5) is 0 Å². The molecule has 0 fully saturated rings. The van der Waals surface area contributed by atoms with E-state index in [2.05, 4.69) is 10.6 Å². The van der Waals surface area contributed by atoms with E-state index < -0.39 is 11.8 Å². The van der Waals surface area contributed by atoms with Crippen LogP contribution >= 0.6 is 11.3 Å². The van der Waals surface area contributed by atoms with Gasteiger partial charge in [0, 0.05) is 12.6 Å². The zero-order valence-electron chi connectivity index (χ0n) is 11.8. The van der Waals surface area contributed by atoms with E-state index in [0.717, 1.165) is 5.56 Å². The summed E-state index contributed by atoms with van der Waals surface area (Å²) in [5.74, 6) is -1.17. The molecule has 0 radical (unpaired) electrons. The second-order valence-electron chi connectivity index (χ2n) is 4.87. The van der Waals surface area contributed by atoms with E-state index in [0.29, 0.717) is 6.54 Å².